The van der Waals surface area contributed by atoms with Crippen molar-refractivity contribution < 1.29 is 33.3 Å². The van der Waals surface area contributed by atoms with Crippen LogP contribution >= 0.6 is 0 Å². The summed E-state index contributed by atoms with van der Waals surface area (Å²) in [5.41, 5.74) is 0.819. The number of para-hydroxylation sites is 1. The van der Waals surface area contributed by atoms with E-state index in [0.29, 0.717) is 18.9 Å². The minimum atomic E-state index is -0.997. The summed E-state index contributed by atoms with van der Waals surface area (Å²) < 4.78 is 30.1. The van der Waals surface area contributed by atoms with Crippen molar-refractivity contribution in [2.75, 3.05) is 26.3 Å². The van der Waals surface area contributed by atoms with Gasteiger partial charge in [-0.15, -0.1) is 0 Å². The average molecular weight is 476 g/mol. The molecule has 0 spiro atoms. The van der Waals surface area contributed by atoms with E-state index >= 15 is 0 Å². The van der Waals surface area contributed by atoms with Gasteiger partial charge in [-0.2, -0.15) is 0 Å². The maximum Gasteiger partial charge on any atom is 0.415 e. The van der Waals surface area contributed by atoms with Crippen molar-refractivity contribution in [1.82, 2.24) is 4.90 Å². The third-order valence-electron chi connectivity index (χ3n) is 5.19. The second-order valence-electron chi connectivity index (χ2n) is 7.82. The SMILES string of the molecule is CCCCCCN(CCOc1ccc(CC(OCC)C(=O)O)cc1)C(=O)Oc1ccccc1F. The molecule has 0 aromatic heterocycles. The summed E-state index contributed by atoms with van der Waals surface area (Å²) in [4.78, 5) is 25.4. The van der Waals surface area contributed by atoms with Gasteiger partial charge in [-0.05, 0) is 43.2 Å². The zero-order chi connectivity index (χ0) is 24.8. The van der Waals surface area contributed by atoms with Gasteiger partial charge in [0.05, 0.1) is 6.54 Å². The molecule has 7 nitrogen and oxygen atoms in total. The van der Waals surface area contributed by atoms with Crippen LogP contribution in [0, 0.1) is 5.82 Å². The Morgan fingerprint density at radius 1 is 1.00 bits per heavy atom. The van der Waals surface area contributed by atoms with Gasteiger partial charge >= 0.3 is 12.1 Å². The molecule has 1 unspecified atom stereocenters. The topological polar surface area (TPSA) is 85.3 Å². The first-order valence-corrected chi connectivity index (χ1v) is 11.7. The molecule has 0 saturated carbocycles. The smallest absolute Gasteiger partial charge is 0.415 e. The Labute approximate surface area is 200 Å². The summed E-state index contributed by atoms with van der Waals surface area (Å²) in [5, 5.41) is 9.22. The number of carboxylic acid groups (broad SMARTS) is 1. The third-order valence-corrected chi connectivity index (χ3v) is 5.19. The summed E-state index contributed by atoms with van der Waals surface area (Å²) >= 11 is 0. The second-order valence-corrected chi connectivity index (χ2v) is 7.82. The number of aliphatic carboxylic acids is 1. The van der Waals surface area contributed by atoms with E-state index in [4.69, 9.17) is 14.2 Å². The maximum absolute atomic E-state index is 13.9. The molecule has 0 aliphatic carbocycles. The van der Waals surface area contributed by atoms with Crippen LogP contribution in [-0.2, 0) is 16.0 Å². The molecule has 0 radical (unpaired) electrons. The first-order valence-electron chi connectivity index (χ1n) is 11.7. The highest BCUT2D eigenvalue weighted by Gasteiger charge is 2.19. The molecule has 0 fully saturated rings. The zero-order valence-corrected chi connectivity index (χ0v) is 19.9. The van der Waals surface area contributed by atoms with Crippen LogP contribution < -0.4 is 9.47 Å². The standard InChI is InChI=1S/C26H34FNO6/c1-3-5-6-9-16-28(26(31)34-23-11-8-7-10-22(23)27)17-18-33-21-14-12-20(13-15-21)19-24(25(29)30)32-4-2/h7-8,10-15,24H,3-6,9,16-19H2,1-2H3,(H,29,30). The van der Waals surface area contributed by atoms with Crippen molar-refractivity contribution in [2.45, 2.75) is 52.1 Å². The van der Waals surface area contributed by atoms with E-state index in [0.717, 1.165) is 31.2 Å². The van der Waals surface area contributed by atoms with Crippen molar-refractivity contribution in [2.24, 2.45) is 0 Å². The van der Waals surface area contributed by atoms with Gasteiger partial charge in [0.15, 0.2) is 17.7 Å². The Morgan fingerprint density at radius 3 is 2.38 bits per heavy atom. The van der Waals surface area contributed by atoms with Crippen LogP contribution in [0.15, 0.2) is 48.5 Å². The average Bonchev–Trinajstić information content (AvgIpc) is 2.82. The number of amides is 1. The number of unbranched alkanes of at least 4 members (excludes halogenated alkanes) is 3. The van der Waals surface area contributed by atoms with Gasteiger partial charge in [0, 0.05) is 19.6 Å². The highest BCUT2D eigenvalue weighted by molar-refractivity contribution is 5.72. The summed E-state index contributed by atoms with van der Waals surface area (Å²) in [6, 6.07) is 12.9. The quantitative estimate of drug-likeness (QED) is 0.351. The van der Waals surface area contributed by atoms with E-state index in [-0.39, 0.29) is 25.3 Å². The van der Waals surface area contributed by atoms with Crippen molar-refractivity contribution in [3.05, 3.63) is 59.9 Å². The number of nitrogens with zero attached hydrogens (tertiary/aromatic N) is 1. The van der Waals surface area contributed by atoms with Gasteiger partial charge in [0.1, 0.15) is 12.4 Å². The minimum Gasteiger partial charge on any atom is -0.492 e. The molecule has 0 aliphatic heterocycles. The van der Waals surface area contributed by atoms with Crippen LogP contribution in [0.4, 0.5) is 9.18 Å². The fraction of sp³-hybridized carbons (Fsp3) is 0.462. The number of hydrogen-bond donors (Lipinski definition) is 1. The van der Waals surface area contributed by atoms with E-state index < -0.39 is 24.0 Å². The van der Waals surface area contributed by atoms with Crippen molar-refractivity contribution in [3.63, 3.8) is 0 Å². The highest BCUT2D eigenvalue weighted by Crippen LogP contribution is 2.18. The van der Waals surface area contributed by atoms with Crippen LogP contribution in [0.25, 0.3) is 0 Å². The lowest BCUT2D eigenvalue weighted by molar-refractivity contribution is -0.149. The Hall–Kier alpha value is -3.13. The Morgan fingerprint density at radius 2 is 1.74 bits per heavy atom. The van der Waals surface area contributed by atoms with Gasteiger partial charge in [0.25, 0.3) is 0 Å². The monoisotopic (exact) mass is 475 g/mol. The number of halogens is 1. The fourth-order valence-corrected chi connectivity index (χ4v) is 3.34. The minimum absolute atomic E-state index is 0.103. The van der Waals surface area contributed by atoms with Crippen molar-refractivity contribution in [1.29, 1.82) is 0 Å². The van der Waals surface area contributed by atoms with Gasteiger partial charge < -0.3 is 24.2 Å². The summed E-state index contributed by atoms with van der Waals surface area (Å²) in [6.07, 6.45) is 2.72. The number of carboxylic acids is 1. The molecule has 1 N–H and O–H groups in total. The Kier molecular flexibility index (Phi) is 11.9. The first-order chi connectivity index (χ1) is 16.4. The second kappa shape index (κ2) is 14.9. The number of rotatable bonds is 15. The summed E-state index contributed by atoms with van der Waals surface area (Å²) in [6.45, 7) is 5.20. The van der Waals surface area contributed by atoms with Gasteiger partial charge in [-0.1, -0.05) is 50.5 Å². The number of ether oxygens (including phenoxy) is 3. The molecule has 0 aliphatic rings. The zero-order valence-electron chi connectivity index (χ0n) is 19.9. The molecule has 0 bridgehead atoms. The molecular weight excluding hydrogens is 441 g/mol. The molecule has 2 aromatic carbocycles. The molecule has 1 amide bonds. The van der Waals surface area contributed by atoms with Gasteiger partial charge in [-0.25, -0.2) is 14.0 Å². The van der Waals surface area contributed by atoms with E-state index in [1.54, 1.807) is 37.3 Å². The van der Waals surface area contributed by atoms with Crippen molar-refractivity contribution >= 4 is 12.1 Å². The lowest BCUT2D eigenvalue weighted by Crippen LogP contribution is -2.37. The molecule has 186 valence electrons. The van der Waals surface area contributed by atoms with E-state index in [1.165, 1.54) is 23.1 Å². The molecule has 34 heavy (non-hydrogen) atoms. The molecule has 0 heterocycles. The van der Waals surface area contributed by atoms with E-state index in [9.17, 15) is 19.1 Å². The molecule has 8 heteroatoms. The van der Waals surface area contributed by atoms with E-state index in [1.807, 2.05) is 0 Å². The van der Waals surface area contributed by atoms with Crippen LogP contribution in [0.1, 0.15) is 45.1 Å². The summed E-state index contributed by atoms with van der Waals surface area (Å²) in [7, 11) is 0. The van der Waals surface area contributed by atoms with Crippen LogP contribution in [0.3, 0.4) is 0 Å². The number of carbonyl (C=O) groups excluding carboxylic acids is 1. The van der Waals surface area contributed by atoms with E-state index in [2.05, 4.69) is 6.92 Å². The normalized spacial score (nSPS) is 11.6. The Bertz CT molecular complexity index is 889. The van der Waals surface area contributed by atoms with Crippen LogP contribution in [-0.4, -0.2) is 54.5 Å². The van der Waals surface area contributed by atoms with Gasteiger partial charge in [-0.3, -0.25) is 0 Å². The lowest BCUT2D eigenvalue weighted by Gasteiger charge is -2.22. The number of carbonyl (C=O) groups is 2. The molecule has 2 rings (SSSR count). The molecular formula is C26H34FNO6. The van der Waals surface area contributed by atoms with Gasteiger partial charge in [0.2, 0.25) is 0 Å². The number of benzene rings is 2. The summed E-state index contributed by atoms with van der Waals surface area (Å²) in [5.74, 6) is -1.09. The van der Waals surface area contributed by atoms with Crippen LogP contribution in [0.5, 0.6) is 11.5 Å². The predicted octanol–water partition coefficient (Wildman–Crippen LogP) is 5.32. The Balaban J connectivity index is 1.91. The predicted molar refractivity (Wildman–Crippen MR) is 127 cm³/mol. The van der Waals surface area contributed by atoms with Crippen molar-refractivity contribution in [3.8, 4) is 11.5 Å². The fourth-order valence-electron chi connectivity index (χ4n) is 3.34. The largest absolute Gasteiger partial charge is 0.492 e. The molecule has 2 aromatic rings. The first kappa shape index (κ1) is 27.1. The third kappa shape index (κ3) is 9.39. The molecule has 0 saturated heterocycles. The highest BCUT2D eigenvalue weighted by atomic mass is 19.1. The number of hydrogen-bond acceptors (Lipinski definition) is 5. The maximum atomic E-state index is 13.9. The lowest BCUT2D eigenvalue weighted by atomic mass is 10.1. The van der Waals surface area contributed by atoms with Crippen LogP contribution in [0.2, 0.25) is 0 Å². The molecule has 1 atom stereocenters.